The SMILES string of the molecule is C=CC1CN2CCC1CC2CNC(=O)Cc1ccccc1. The van der Waals surface area contributed by atoms with Gasteiger partial charge in [0.05, 0.1) is 6.42 Å². The molecule has 3 aliphatic heterocycles. The molecule has 0 aromatic heterocycles. The second-order valence-electron chi connectivity index (χ2n) is 6.30. The van der Waals surface area contributed by atoms with Crippen molar-refractivity contribution in [2.75, 3.05) is 19.6 Å². The zero-order chi connectivity index (χ0) is 14.7. The van der Waals surface area contributed by atoms with Gasteiger partial charge in [0.2, 0.25) is 5.91 Å². The lowest BCUT2D eigenvalue weighted by Crippen LogP contribution is -2.56. The molecule has 2 bridgehead atoms. The van der Waals surface area contributed by atoms with Crippen molar-refractivity contribution in [1.82, 2.24) is 10.2 Å². The Morgan fingerprint density at radius 3 is 2.86 bits per heavy atom. The number of benzene rings is 1. The first kappa shape index (κ1) is 14.3. The Kier molecular flexibility index (Phi) is 4.39. The molecule has 3 nitrogen and oxygen atoms in total. The van der Waals surface area contributed by atoms with E-state index in [1.54, 1.807) is 0 Å². The Hall–Kier alpha value is -1.61. The molecule has 0 spiro atoms. The molecule has 3 aliphatic rings. The monoisotopic (exact) mass is 284 g/mol. The van der Waals surface area contributed by atoms with Gasteiger partial charge in [-0.15, -0.1) is 6.58 Å². The van der Waals surface area contributed by atoms with Gasteiger partial charge >= 0.3 is 0 Å². The van der Waals surface area contributed by atoms with E-state index in [9.17, 15) is 4.79 Å². The largest absolute Gasteiger partial charge is 0.354 e. The molecule has 1 aromatic carbocycles. The van der Waals surface area contributed by atoms with Crippen molar-refractivity contribution < 1.29 is 4.79 Å². The van der Waals surface area contributed by atoms with Crippen molar-refractivity contribution >= 4 is 5.91 Å². The molecule has 0 radical (unpaired) electrons. The van der Waals surface area contributed by atoms with Crippen LogP contribution in [-0.4, -0.2) is 36.5 Å². The Labute approximate surface area is 127 Å². The van der Waals surface area contributed by atoms with Gasteiger partial charge in [-0.05, 0) is 36.8 Å². The molecule has 3 heterocycles. The highest BCUT2D eigenvalue weighted by molar-refractivity contribution is 5.78. The van der Waals surface area contributed by atoms with E-state index in [1.807, 2.05) is 30.3 Å². The quantitative estimate of drug-likeness (QED) is 0.841. The van der Waals surface area contributed by atoms with Crippen LogP contribution in [0, 0.1) is 11.8 Å². The number of nitrogens with zero attached hydrogens (tertiary/aromatic N) is 1. The number of carbonyl (C=O) groups excluding carboxylic acids is 1. The molecule has 3 fully saturated rings. The van der Waals surface area contributed by atoms with Crippen LogP contribution in [-0.2, 0) is 11.2 Å². The lowest BCUT2D eigenvalue weighted by molar-refractivity contribution is -0.121. The van der Waals surface area contributed by atoms with Crippen LogP contribution in [0.4, 0.5) is 0 Å². The smallest absolute Gasteiger partial charge is 0.224 e. The minimum atomic E-state index is 0.129. The van der Waals surface area contributed by atoms with Gasteiger partial charge in [-0.1, -0.05) is 36.4 Å². The van der Waals surface area contributed by atoms with Gasteiger partial charge in [-0.2, -0.15) is 0 Å². The summed E-state index contributed by atoms with van der Waals surface area (Å²) in [5, 5.41) is 3.11. The molecular weight excluding hydrogens is 260 g/mol. The van der Waals surface area contributed by atoms with Crippen molar-refractivity contribution in [3.63, 3.8) is 0 Å². The van der Waals surface area contributed by atoms with Crippen LogP contribution in [0.1, 0.15) is 18.4 Å². The molecule has 4 rings (SSSR count). The maximum absolute atomic E-state index is 12.0. The highest BCUT2D eigenvalue weighted by atomic mass is 16.1. The van der Waals surface area contributed by atoms with Gasteiger partial charge < -0.3 is 5.32 Å². The van der Waals surface area contributed by atoms with Crippen molar-refractivity contribution in [3.8, 4) is 0 Å². The number of hydrogen-bond donors (Lipinski definition) is 1. The summed E-state index contributed by atoms with van der Waals surface area (Å²) >= 11 is 0. The van der Waals surface area contributed by atoms with Crippen LogP contribution in [0.25, 0.3) is 0 Å². The van der Waals surface area contributed by atoms with E-state index in [0.29, 0.717) is 18.4 Å². The van der Waals surface area contributed by atoms with Gasteiger partial charge in [-0.3, -0.25) is 9.69 Å². The van der Waals surface area contributed by atoms with Crippen molar-refractivity contribution in [3.05, 3.63) is 48.6 Å². The second-order valence-corrected chi connectivity index (χ2v) is 6.30. The summed E-state index contributed by atoms with van der Waals surface area (Å²) in [5.74, 6) is 1.54. The molecule has 0 saturated carbocycles. The van der Waals surface area contributed by atoms with Crippen molar-refractivity contribution in [2.24, 2.45) is 11.8 Å². The number of piperidine rings is 3. The number of carbonyl (C=O) groups is 1. The van der Waals surface area contributed by atoms with Crippen molar-refractivity contribution in [1.29, 1.82) is 0 Å². The van der Waals surface area contributed by atoms with Gasteiger partial charge in [-0.25, -0.2) is 0 Å². The first-order valence-electron chi connectivity index (χ1n) is 7.93. The third kappa shape index (κ3) is 3.35. The fraction of sp³-hybridized carbons (Fsp3) is 0.500. The topological polar surface area (TPSA) is 32.3 Å². The molecule has 3 saturated heterocycles. The van der Waals surface area contributed by atoms with Gasteiger partial charge in [0.1, 0.15) is 0 Å². The Balaban J connectivity index is 1.48. The first-order chi connectivity index (χ1) is 10.3. The van der Waals surface area contributed by atoms with Gasteiger partial charge in [0.25, 0.3) is 0 Å². The summed E-state index contributed by atoms with van der Waals surface area (Å²) in [5.41, 5.74) is 1.08. The minimum absolute atomic E-state index is 0.129. The molecule has 1 amide bonds. The van der Waals surface area contributed by atoms with Crippen LogP contribution in [0.5, 0.6) is 0 Å². The summed E-state index contributed by atoms with van der Waals surface area (Å²) < 4.78 is 0. The van der Waals surface area contributed by atoms with E-state index in [-0.39, 0.29) is 5.91 Å². The maximum Gasteiger partial charge on any atom is 0.224 e. The zero-order valence-electron chi connectivity index (χ0n) is 12.5. The zero-order valence-corrected chi connectivity index (χ0v) is 12.5. The number of rotatable bonds is 5. The third-order valence-electron chi connectivity index (χ3n) is 4.97. The normalized spacial score (nSPS) is 30.9. The predicted octanol–water partition coefficient (Wildman–Crippen LogP) is 2.24. The summed E-state index contributed by atoms with van der Waals surface area (Å²) in [7, 11) is 0. The van der Waals surface area contributed by atoms with E-state index in [1.165, 1.54) is 19.4 Å². The summed E-state index contributed by atoms with van der Waals surface area (Å²) in [6, 6.07) is 10.4. The minimum Gasteiger partial charge on any atom is -0.354 e. The highest BCUT2D eigenvalue weighted by Crippen LogP contribution is 2.36. The third-order valence-corrected chi connectivity index (χ3v) is 4.97. The number of nitrogens with one attached hydrogen (secondary N) is 1. The van der Waals surface area contributed by atoms with Gasteiger partial charge in [0.15, 0.2) is 0 Å². The number of fused-ring (bicyclic) bond motifs is 3. The average Bonchev–Trinajstić information content (AvgIpc) is 2.54. The molecule has 4 unspecified atom stereocenters. The number of hydrogen-bond acceptors (Lipinski definition) is 2. The lowest BCUT2D eigenvalue weighted by atomic mass is 9.75. The average molecular weight is 284 g/mol. The molecule has 3 heteroatoms. The van der Waals surface area contributed by atoms with E-state index in [2.05, 4.69) is 22.9 Å². The van der Waals surface area contributed by atoms with Gasteiger partial charge in [0, 0.05) is 19.1 Å². The molecule has 1 N–H and O–H groups in total. The van der Waals surface area contributed by atoms with E-state index < -0.39 is 0 Å². The molecular formula is C18H24N2O. The summed E-state index contributed by atoms with van der Waals surface area (Å²) in [6.07, 6.45) is 5.07. The lowest BCUT2D eigenvalue weighted by Gasteiger charge is -2.49. The Bertz CT molecular complexity index is 499. The summed E-state index contributed by atoms with van der Waals surface area (Å²) in [6.45, 7) is 7.03. The molecule has 1 aromatic rings. The van der Waals surface area contributed by atoms with Crippen LogP contribution >= 0.6 is 0 Å². The fourth-order valence-electron chi connectivity index (χ4n) is 3.73. The van der Waals surface area contributed by atoms with Crippen LogP contribution in [0.3, 0.4) is 0 Å². The second kappa shape index (κ2) is 6.44. The molecule has 21 heavy (non-hydrogen) atoms. The highest BCUT2D eigenvalue weighted by Gasteiger charge is 2.38. The van der Waals surface area contributed by atoms with Crippen LogP contribution in [0.15, 0.2) is 43.0 Å². The molecule has 112 valence electrons. The number of amides is 1. The van der Waals surface area contributed by atoms with Crippen LogP contribution < -0.4 is 5.32 Å². The molecule has 0 aliphatic carbocycles. The standard InChI is InChI=1S/C18H24N2O/c1-2-15-13-20-9-8-16(15)11-17(20)12-19-18(21)10-14-6-4-3-5-7-14/h2-7,15-17H,1,8-13H2,(H,19,21). The Morgan fingerprint density at radius 2 is 2.19 bits per heavy atom. The fourth-order valence-corrected chi connectivity index (χ4v) is 3.73. The van der Waals surface area contributed by atoms with Crippen molar-refractivity contribution in [2.45, 2.75) is 25.3 Å². The van der Waals surface area contributed by atoms with E-state index in [0.717, 1.165) is 24.6 Å². The first-order valence-corrected chi connectivity index (χ1v) is 7.93. The van der Waals surface area contributed by atoms with E-state index in [4.69, 9.17) is 0 Å². The Morgan fingerprint density at radius 1 is 1.38 bits per heavy atom. The molecule has 4 atom stereocenters. The van der Waals surface area contributed by atoms with E-state index >= 15 is 0 Å². The maximum atomic E-state index is 12.0. The summed E-state index contributed by atoms with van der Waals surface area (Å²) in [4.78, 5) is 14.6. The predicted molar refractivity (Wildman–Crippen MR) is 84.9 cm³/mol. The van der Waals surface area contributed by atoms with Crippen LogP contribution in [0.2, 0.25) is 0 Å².